The van der Waals surface area contributed by atoms with Gasteiger partial charge in [0.2, 0.25) is 5.95 Å². The minimum absolute atomic E-state index is 0.438. The number of nitrogens with two attached hydrogens (primary N) is 1. The Labute approximate surface area is 124 Å². The molecule has 3 rings (SSSR count). The number of hydrogen-bond donors (Lipinski definition) is 3. The summed E-state index contributed by atoms with van der Waals surface area (Å²) in [6.07, 6.45) is 3.83. The fourth-order valence-corrected chi connectivity index (χ4v) is 2.89. The highest BCUT2D eigenvalue weighted by molar-refractivity contribution is 5.89. The number of para-hydroxylation sites is 1. The number of hydrogen-bond acceptors (Lipinski definition) is 6. The van der Waals surface area contributed by atoms with Crippen LogP contribution in [0.15, 0.2) is 24.3 Å². The van der Waals surface area contributed by atoms with Gasteiger partial charge in [-0.25, -0.2) is 10.8 Å². The van der Waals surface area contributed by atoms with E-state index in [-0.39, 0.29) is 0 Å². The summed E-state index contributed by atoms with van der Waals surface area (Å²) in [4.78, 5) is 11.2. The van der Waals surface area contributed by atoms with Crippen LogP contribution in [0.1, 0.15) is 19.3 Å². The average Bonchev–Trinajstić information content (AvgIpc) is 2.53. The molecule has 2 aromatic rings. The molecule has 1 aliphatic heterocycles. The number of likely N-dealkylation sites (tertiary alicyclic amines) is 1. The summed E-state index contributed by atoms with van der Waals surface area (Å²) in [7, 11) is 2.19. The van der Waals surface area contributed by atoms with Crippen molar-refractivity contribution in [3.63, 3.8) is 0 Å². The number of fused-ring (bicyclic) bond motifs is 1. The molecule has 1 aliphatic rings. The van der Waals surface area contributed by atoms with Gasteiger partial charge in [0.1, 0.15) is 5.82 Å². The maximum Gasteiger partial charge on any atom is 0.239 e. The number of nitrogens with one attached hydrogen (secondary N) is 2. The zero-order valence-corrected chi connectivity index (χ0v) is 12.3. The smallest absolute Gasteiger partial charge is 0.239 e. The summed E-state index contributed by atoms with van der Waals surface area (Å²) >= 11 is 0. The third-order valence-corrected chi connectivity index (χ3v) is 4.16. The van der Waals surface area contributed by atoms with E-state index in [9.17, 15) is 0 Å². The number of piperidine rings is 1. The maximum absolute atomic E-state index is 5.46. The molecule has 0 aliphatic carbocycles. The molecule has 4 N–H and O–H groups in total. The van der Waals surface area contributed by atoms with E-state index >= 15 is 0 Å². The highest BCUT2D eigenvalue weighted by Crippen LogP contribution is 2.22. The molecule has 2 heterocycles. The molecule has 0 bridgehead atoms. The van der Waals surface area contributed by atoms with E-state index in [1.54, 1.807) is 0 Å². The Morgan fingerprint density at radius 3 is 2.95 bits per heavy atom. The third kappa shape index (κ3) is 3.06. The van der Waals surface area contributed by atoms with E-state index in [0.29, 0.717) is 12.0 Å². The second-order valence-electron chi connectivity index (χ2n) is 5.57. The molecule has 1 atom stereocenters. The van der Waals surface area contributed by atoms with Crippen LogP contribution in [0.4, 0.5) is 11.8 Å². The number of rotatable bonds is 4. The Balaban J connectivity index is 1.82. The number of aromatic nitrogens is 2. The van der Waals surface area contributed by atoms with Crippen molar-refractivity contribution in [3.8, 4) is 0 Å². The first-order chi connectivity index (χ1) is 10.3. The lowest BCUT2D eigenvalue weighted by Gasteiger charge is -2.32. The molecule has 0 amide bonds. The molecular formula is C15H22N6. The average molecular weight is 286 g/mol. The number of benzene rings is 1. The first kappa shape index (κ1) is 14.0. The summed E-state index contributed by atoms with van der Waals surface area (Å²) in [5.41, 5.74) is 3.42. The zero-order valence-electron chi connectivity index (χ0n) is 12.3. The van der Waals surface area contributed by atoms with Crippen molar-refractivity contribution in [2.45, 2.75) is 25.3 Å². The van der Waals surface area contributed by atoms with Gasteiger partial charge in [-0.05, 0) is 38.6 Å². The van der Waals surface area contributed by atoms with Gasteiger partial charge in [-0.1, -0.05) is 18.6 Å². The van der Waals surface area contributed by atoms with Crippen LogP contribution in [-0.4, -0.2) is 41.0 Å². The van der Waals surface area contributed by atoms with Gasteiger partial charge in [0, 0.05) is 18.0 Å². The first-order valence-corrected chi connectivity index (χ1v) is 7.45. The van der Waals surface area contributed by atoms with Crippen molar-refractivity contribution < 1.29 is 0 Å². The van der Waals surface area contributed by atoms with Gasteiger partial charge >= 0.3 is 0 Å². The van der Waals surface area contributed by atoms with Crippen molar-refractivity contribution in [2.24, 2.45) is 5.84 Å². The topological polar surface area (TPSA) is 79.1 Å². The Morgan fingerprint density at radius 1 is 1.29 bits per heavy atom. The SMILES string of the molecule is CN1CCCCC1CNc1nc(NN)nc2ccccc12. The quantitative estimate of drug-likeness (QED) is 0.587. The monoisotopic (exact) mass is 286 g/mol. The molecule has 1 unspecified atom stereocenters. The lowest BCUT2D eigenvalue weighted by Crippen LogP contribution is -2.40. The molecule has 1 saturated heterocycles. The van der Waals surface area contributed by atoms with E-state index in [1.165, 1.54) is 25.8 Å². The molecule has 0 spiro atoms. The van der Waals surface area contributed by atoms with E-state index in [1.807, 2.05) is 24.3 Å². The number of nitrogen functional groups attached to an aromatic ring is 1. The Kier molecular flexibility index (Phi) is 4.17. The van der Waals surface area contributed by atoms with E-state index in [0.717, 1.165) is 23.3 Å². The van der Waals surface area contributed by atoms with Crippen LogP contribution in [0.3, 0.4) is 0 Å². The fraction of sp³-hybridized carbons (Fsp3) is 0.467. The Hall–Kier alpha value is -1.92. The second kappa shape index (κ2) is 6.24. The van der Waals surface area contributed by atoms with Gasteiger partial charge < -0.3 is 10.2 Å². The minimum atomic E-state index is 0.438. The molecule has 112 valence electrons. The Bertz CT molecular complexity index is 614. The standard InChI is InChI=1S/C15H22N6/c1-21-9-5-4-6-11(21)10-17-14-12-7-2-3-8-13(12)18-15(19-14)20-16/h2-3,7-8,11H,4-6,9-10,16H2,1H3,(H2,17,18,19,20). The van der Waals surface area contributed by atoms with Gasteiger partial charge in [0.15, 0.2) is 0 Å². The zero-order chi connectivity index (χ0) is 14.7. The molecular weight excluding hydrogens is 264 g/mol. The summed E-state index contributed by atoms with van der Waals surface area (Å²) in [5.74, 6) is 6.74. The van der Waals surface area contributed by atoms with Gasteiger partial charge in [0.25, 0.3) is 0 Å². The number of nitrogens with zero attached hydrogens (tertiary/aromatic N) is 3. The van der Waals surface area contributed by atoms with Crippen molar-refractivity contribution >= 4 is 22.7 Å². The van der Waals surface area contributed by atoms with E-state index < -0.39 is 0 Å². The van der Waals surface area contributed by atoms with E-state index in [4.69, 9.17) is 5.84 Å². The maximum atomic E-state index is 5.46. The van der Waals surface area contributed by atoms with Gasteiger partial charge in [-0.15, -0.1) is 0 Å². The second-order valence-corrected chi connectivity index (χ2v) is 5.57. The molecule has 1 aromatic heterocycles. The fourth-order valence-electron chi connectivity index (χ4n) is 2.89. The lowest BCUT2D eigenvalue weighted by molar-refractivity contribution is 0.194. The molecule has 6 heteroatoms. The first-order valence-electron chi connectivity index (χ1n) is 7.45. The Morgan fingerprint density at radius 2 is 2.14 bits per heavy atom. The number of anilines is 2. The molecule has 21 heavy (non-hydrogen) atoms. The third-order valence-electron chi connectivity index (χ3n) is 4.16. The van der Waals surface area contributed by atoms with E-state index in [2.05, 4.69) is 32.7 Å². The van der Waals surface area contributed by atoms with Gasteiger partial charge in [0.05, 0.1) is 5.52 Å². The molecule has 6 nitrogen and oxygen atoms in total. The van der Waals surface area contributed by atoms with Crippen molar-refractivity contribution in [3.05, 3.63) is 24.3 Å². The van der Waals surface area contributed by atoms with Crippen molar-refractivity contribution in [2.75, 3.05) is 30.9 Å². The highest BCUT2D eigenvalue weighted by atomic mass is 15.3. The van der Waals surface area contributed by atoms with Gasteiger partial charge in [-0.3, -0.25) is 5.43 Å². The largest absolute Gasteiger partial charge is 0.368 e. The molecule has 1 fully saturated rings. The lowest BCUT2D eigenvalue weighted by atomic mass is 10.0. The summed E-state index contributed by atoms with van der Waals surface area (Å²) in [5, 5.41) is 4.50. The normalized spacial score (nSPS) is 19.6. The van der Waals surface area contributed by atoms with Crippen LogP contribution in [0.2, 0.25) is 0 Å². The van der Waals surface area contributed by atoms with Gasteiger partial charge in [-0.2, -0.15) is 4.98 Å². The molecule has 0 radical (unpaired) electrons. The van der Waals surface area contributed by atoms with Crippen molar-refractivity contribution in [1.29, 1.82) is 0 Å². The van der Waals surface area contributed by atoms with Crippen molar-refractivity contribution in [1.82, 2.24) is 14.9 Å². The van der Waals surface area contributed by atoms with Crippen LogP contribution < -0.4 is 16.6 Å². The van der Waals surface area contributed by atoms with Crippen LogP contribution in [0, 0.1) is 0 Å². The number of hydrazine groups is 1. The predicted molar refractivity (Wildman–Crippen MR) is 86.1 cm³/mol. The summed E-state index contributed by atoms with van der Waals surface area (Å²) in [6.45, 7) is 2.06. The summed E-state index contributed by atoms with van der Waals surface area (Å²) < 4.78 is 0. The van der Waals surface area contributed by atoms with Crippen LogP contribution in [-0.2, 0) is 0 Å². The summed E-state index contributed by atoms with van der Waals surface area (Å²) in [6, 6.07) is 8.52. The predicted octanol–water partition coefficient (Wildman–Crippen LogP) is 1.81. The van der Waals surface area contributed by atoms with Crippen LogP contribution in [0.5, 0.6) is 0 Å². The molecule has 1 aromatic carbocycles. The minimum Gasteiger partial charge on any atom is -0.368 e. The highest BCUT2D eigenvalue weighted by Gasteiger charge is 2.19. The molecule has 0 saturated carbocycles. The number of likely N-dealkylation sites (N-methyl/N-ethyl adjacent to an activating group) is 1. The van der Waals surface area contributed by atoms with Crippen LogP contribution >= 0.6 is 0 Å². The van der Waals surface area contributed by atoms with Crippen LogP contribution in [0.25, 0.3) is 10.9 Å².